The van der Waals surface area contributed by atoms with Gasteiger partial charge in [-0.2, -0.15) is 0 Å². The predicted molar refractivity (Wildman–Crippen MR) is 77.1 cm³/mol. The molecule has 4 N–H and O–H groups in total. The van der Waals surface area contributed by atoms with Crippen molar-refractivity contribution >= 4 is 5.91 Å². The van der Waals surface area contributed by atoms with Gasteiger partial charge in [0.2, 0.25) is 5.91 Å². The van der Waals surface area contributed by atoms with Crippen LogP contribution in [0.4, 0.5) is 0 Å². The van der Waals surface area contributed by atoms with E-state index in [2.05, 4.69) is 5.32 Å². The van der Waals surface area contributed by atoms with Crippen LogP contribution in [0.2, 0.25) is 0 Å². The summed E-state index contributed by atoms with van der Waals surface area (Å²) in [5, 5.41) is 12.3. The second-order valence-corrected chi connectivity index (χ2v) is 6.80. The van der Waals surface area contributed by atoms with Crippen molar-refractivity contribution < 1.29 is 14.6 Å². The van der Waals surface area contributed by atoms with E-state index in [9.17, 15) is 9.90 Å². The summed E-state index contributed by atoms with van der Waals surface area (Å²) in [7, 11) is 0. The zero-order chi connectivity index (χ0) is 14.6. The summed E-state index contributed by atoms with van der Waals surface area (Å²) in [6.45, 7) is 4.04. The van der Waals surface area contributed by atoms with Gasteiger partial charge in [-0.1, -0.05) is 12.8 Å². The van der Waals surface area contributed by atoms with Gasteiger partial charge in [0.25, 0.3) is 0 Å². The van der Waals surface area contributed by atoms with Gasteiger partial charge in [0.05, 0.1) is 12.5 Å². The summed E-state index contributed by atoms with van der Waals surface area (Å²) in [4.78, 5) is 12.4. The van der Waals surface area contributed by atoms with Crippen molar-refractivity contribution in [2.45, 2.75) is 51.0 Å². The van der Waals surface area contributed by atoms with Crippen molar-refractivity contribution in [3.63, 3.8) is 0 Å². The van der Waals surface area contributed by atoms with Crippen LogP contribution in [-0.2, 0) is 9.53 Å². The molecule has 2 aliphatic rings. The van der Waals surface area contributed by atoms with E-state index < -0.39 is 5.54 Å². The standard InChI is InChI=1S/C15H28N2O3/c1-14(16)5-3-2-4-12(14)13(19)17-10-15(6-8-18)7-9-20-11-15/h12,18H,2-11,16H2,1H3,(H,17,19). The minimum absolute atomic E-state index is 0.0684. The topological polar surface area (TPSA) is 84.6 Å². The molecule has 1 saturated heterocycles. The zero-order valence-electron chi connectivity index (χ0n) is 12.5. The second kappa shape index (κ2) is 6.41. The average Bonchev–Trinajstić information content (AvgIpc) is 2.85. The van der Waals surface area contributed by atoms with Gasteiger partial charge in [-0.3, -0.25) is 4.79 Å². The highest BCUT2D eigenvalue weighted by Gasteiger charge is 2.40. The number of carbonyl (C=O) groups excluding carboxylic acids is 1. The molecule has 1 aliphatic heterocycles. The molecule has 1 saturated carbocycles. The molecule has 0 aromatic carbocycles. The van der Waals surface area contributed by atoms with E-state index in [-0.39, 0.29) is 23.8 Å². The molecule has 1 heterocycles. The van der Waals surface area contributed by atoms with E-state index in [0.717, 1.165) is 32.1 Å². The Morgan fingerprint density at radius 2 is 2.25 bits per heavy atom. The molecule has 116 valence electrons. The lowest BCUT2D eigenvalue weighted by atomic mass is 9.74. The van der Waals surface area contributed by atoms with E-state index in [1.807, 2.05) is 6.92 Å². The highest BCUT2D eigenvalue weighted by Crippen LogP contribution is 2.34. The van der Waals surface area contributed by atoms with Gasteiger partial charge in [-0.15, -0.1) is 0 Å². The third-order valence-corrected chi connectivity index (χ3v) is 5.04. The number of hydrogen-bond donors (Lipinski definition) is 3. The Morgan fingerprint density at radius 3 is 2.85 bits per heavy atom. The fraction of sp³-hybridized carbons (Fsp3) is 0.933. The summed E-state index contributed by atoms with van der Waals surface area (Å²) >= 11 is 0. The van der Waals surface area contributed by atoms with Crippen LogP contribution >= 0.6 is 0 Å². The van der Waals surface area contributed by atoms with Crippen molar-refractivity contribution in [2.24, 2.45) is 17.1 Å². The van der Waals surface area contributed by atoms with E-state index >= 15 is 0 Å². The molecule has 1 aliphatic carbocycles. The van der Waals surface area contributed by atoms with Crippen molar-refractivity contribution in [1.29, 1.82) is 0 Å². The molecule has 20 heavy (non-hydrogen) atoms. The zero-order valence-corrected chi connectivity index (χ0v) is 12.5. The van der Waals surface area contributed by atoms with Crippen LogP contribution in [0, 0.1) is 11.3 Å². The molecule has 5 nitrogen and oxygen atoms in total. The van der Waals surface area contributed by atoms with E-state index in [1.165, 1.54) is 0 Å². The van der Waals surface area contributed by atoms with Crippen LogP contribution in [0.5, 0.6) is 0 Å². The van der Waals surface area contributed by atoms with Gasteiger partial charge < -0.3 is 20.9 Å². The Labute approximate surface area is 121 Å². The summed E-state index contributed by atoms with van der Waals surface area (Å²) < 4.78 is 5.44. The predicted octanol–water partition coefficient (Wildman–Crippen LogP) is 0.799. The third-order valence-electron chi connectivity index (χ3n) is 5.04. The number of aliphatic hydroxyl groups is 1. The minimum atomic E-state index is -0.390. The first-order valence-corrected chi connectivity index (χ1v) is 7.74. The van der Waals surface area contributed by atoms with Crippen molar-refractivity contribution in [3.8, 4) is 0 Å². The number of carbonyl (C=O) groups is 1. The van der Waals surface area contributed by atoms with Crippen LogP contribution < -0.4 is 11.1 Å². The fourth-order valence-corrected chi connectivity index (χ4v) is 3.50. The lowest BCUT2D eigenvalue weighted by molar-refractivity contribution is -0.128. The lowest BCUT2D eigenvalue weighted by Gasteiger charge is -2.38. The highest BCUT2D eigenvalue weighted by atomic mass is 16.5. The van der Waals surface area contributed by atoms with Gasteiger partial charge in [0.1, 0.15) is 0 Å². The third kappa shape index (κ3) is 3.51. The van der Waals surface area contributed by atoms with Crippen molar-refractivity contribution in [1.82, 2.24) is 5.32 Å². The first-order valence-electron chi connectivity index (χ1n) is 7.74. The first kappa shape index (κ1) is 15.7. The highest BCUT2D eigenvalue weighted by molar-refractivity contribution is 5.80. The van der Waals surface area contributed by atoms with Gasteiger partial charge >= 0.3 is 0 Å². The van der Waals surface area contributed by atoms with Crippen LogP contribution in [0.25, 0.3) is 0 Å². The van der Waals surface area contributed by atoms with E-state index in [0.29, 0.717) is 26.2 Å². The smallest absolute Gasteiger partial charge is 0.224 e. The van der Waals surface area contributed by atoms with Gasteiger partial charge in [-0.05, 0) is 32.6 Å². The number of nitrogens with one attached hydrogen (secondary N) is 1. The molecule has 0 spiro atoms. The van der Waals surface area contributed by atoms with Crippen LogP contribution in [0.1, 0.15) is 45.4 Å². The van der Waals surface area contributed by atoms with E-state index in [1.54, 1.807) is 0 Å². The summed E-state index contributed by atoms with van der Waals surface area (Å²) in [6, 6.07) is 0. The van der Waals surface area contributed by atoms with Gasteiger partial charge in [0.15, 0.2) is 0 Å². The monoisotopic (exact) mass is 284 g/mol. The molecule has 0 aromatic rings. The number of hydrogen-bond acceptors (Lipinski definition) is 4. The number of aliphatic hydroxyl groups excluding tert-OH is 1. The number of nitrogens with two attached hydrogens (primary N) is 1. The largest absolute Gasteiger partial charge is 0.396 e. The Bertz CT molecular complexity index is 338. The minimum Gasteiger partial charge on any atom is -0.396 e. The summed E-state index contributed by atoms with van der Waals surface area (Å²) in [6.07, 6.45) is 5.56. The molecule has 2 fully saturated rings. The summed E-state index contributed by atoms with van der Waals surface area (Å²) in [5.41, 5.74) is 5.79. The SMILES string of the molecule is CC1(N)CCCCC1C(=O)NCC1(CCO)CCOC1. The normalized spacial score (nSPS) is 37.9. The number of rotatable bonds is 5. The quantitative estimate of drug-likeness (QED) is 0.697. The molecule has 1 amide bonds. The van der Waals surface area contributed by atoms with E-state index in [4.69, 9.17) is 10.5 Å². The van der Waals surface area contributed by atoms with Crippen LogP contribution in [0.15, 0.2) is 0 Å². The molecule has 0 bridgehead atoms. The molecule has 2 rings (SSSR count). The maximum atomic E-state index is 12.4. The Morgan fingerprint density at radius 1 is 1.45 bits per heavy atom. The molecule has 5 heteroatoms. The molecule has 0 radical (unpaired) electrons. The van der Waals surface area contributed by atoms with Crippen molar-refractivity contribution in [3.05, 3.63) is 0 Å². The Hall–Kier alpha value is -0.650. The molecule has 0 aromatic heterocycles. The van der Waals surface area contributed by atoms with Gasteiger partial charge in [-0.25, -0.2) is 0 Å². The molecular weight excluding hydrogens is 256 g/mol. The number of amides is 1. The van der Waals surface area contributed by atoms with Gasteiger partial charge in [0, 0.05) is 30.7 Å². The number of ether oxygens (including phenoxy) is 1. The Balaban J connectivity index is 1.90. The van der Waals surface area contributed by atoms with Crippen LogP contribution in [0.3, 0.4) is 0 Å². The fourth-order valence-electron chi connectivity index (χ4n) is 3.50. The average molecular weight is 284 g/mol. The molecule has 3 unspecified atom stereocenters. The van der Waals surface area contributed by atoms with Crippen molar-refractivity contribution in [2.75, 3.05) is 26.4 Å². The maximum Gasteiger partial charge on any atom is 0.224 e. The first-order chi connectivity index (χ1) is 9.49. The second-order valence-electron chi connectivity index (χ2n) is 6.80. The maximum absolute atomic E-state index is 12.4. The lowest BCUT2D eigenvalue weighted by Crippen LogP contribution is -2.54. The Kier molecular flexibility index (Phi) is 5.04. The molecular formula is C15H28N2O3. The summed E-state index contributed by atoms with van der Waals surface area (Å²) in [5.74, 6) is -0.0244. The van der Waals surface area contributed by atoms with Crippen LogP contribution in [-0.4, -0.2) is 42.9 Å². The molecule has 3 atom stereocenters.